The van der Waals surface area contributed by atoms with Crippen LogP contribution in [0.3, 0.4) is 0 Å². The molecule has 0 aliphatic carbocycles. The van der Waals surface area contributed by atoms with Crippen molar-refractivity contribution in [3.05, 3.63) is 88.2 Å². The SMILES string of the molecule is Cc1nn(Cc2ccccc2)c(Cl)c1C=CC(=O)OCC(=O)c1ccc(S(=O)(=O)N2CCCCC2)cc1. The summed E-state index contributed by atoms with van der Waals surface area (Å²) in [6, 6.07) is 15.4. The highest BCUT2D eigenvalue weighted by molar-refractivity contribution is 7.89. The lowest BCUT2D eigenvalue weighted by atomic mass is 10.1. The number of esters is 1. The zero-order chi connectivity index (χ0) is 26.4. The molecule has 10 heteroatoms. The molecule has 0 atom stereocenters. The molecule has 1 fully saturated rings. The van der Waals surface area contributed by atoms with Gasteiger partial charge in [-0.3, -0.25) is 4.79 Å². The molecule has 0 radical (unpaired) electrons. The van der Waals surface area contributed by atoms with Gasteiger partial charge in [0.25, 0.3) is 0 Å². The second-order valence-corrected chi connectivity index (χ2v) is 11.1. The first-order valence-corrected chi connectivity index (χ1v) is 13.8. The molecule has 1 aliphatic rings. The van der Waals surface area contributed by atoms with Crippen molar-refractivity contribution in [1.82, 2.24) is 14.1 Å². The van der Waals surface area contributed by atoms with Crippen LogP contribution in [0.4, 0.5) is 0 Å². The topological polar surface area (TPSA) is 98.6 Å². The lowest BCUT2D eigenvalue weighted by Gasteiger charge is -2.25. The summed E-state index contributed by atoms with van der Waals surface area (Å²) in [5.41, 5.74) is 2.54. The van der Waals surface area contributed by atoms with E-state index in [-0.39, 0.29) is 10.5 Å². The second-order valence-electron chi connectivity index (χ2n) is 8.79. The van der Waals surface area contributed by atoms with Crippen LogP contribution >= 0.6 is 11.6 Å². The van der Waals surface area contributed by atoms with Crippen molar-refractivity contribution in [2.24, 2.45) is 0 Å². The van der Waals surface area contributed by atoms with Gasteiger partial charge in [0.15, 0.2) is 12.4 Å². The quantitative estimate of drug-likeness (QED) is 0.224. The minimum absolute atomic E-state index is 0.144. The van der Waals surface area contributed by atoms with Crippen molar-refractivity contribution in [3.8, 4) is 0 Å². The smallest absolute Gasteiger partial charge is 0.331 e. The molecule has 194 valence electrons. The molecular formula is C27H28ClN3O5S. The standard InChI is InChI=1S/C27H28ClN3O5S/c1-20-24(27(28)31(29-20)18-21-8-4-2-5-9-21)14-15-26(33)36-19-25(32)22-10-12-23(13-11-22)37(34,35)30-16-6-3-7-17-30/h2,4-5,8-15H,3,6-7,16-19H2,1H3. The number of carbonyl (C=O) groups excluding carboxylic acids is 2. The van der Waals surface area contributed by atoms with E-state index in [1.807, 2.05) is 30.3 Å². The Kier molecular flexibility index (Phi) is 8.58. The van der Waals surface area contributed by atoms with Gasteiger partial charge in [-0.15, -0.1) is 0 Å². The molecule has 0 amide bonds. The van der Waals surface area contributed by atoms with Gasteiger partial charge < -0.3 is 4.74 Å². The lowest BCUT2D eigenvalue weighted by molar-refractivity contribution is -0.136. The summed E-state index contributed by atoms with van der Waals surface area (Å²) >= 11 is 6.46. The average Bonchev–Trinajstić information content (AvgIpc) is 3.18. The molecule has 2 aromatic carbocycles. The van der Waals surface area contributed by atoms with E-state index in [0.717, 1.165) is 24.8 Å². The fraction of sp³-hybridized carbons (Fsp3) is 0.296. The Labute approximate surface area is 221 Å². The van der Waals surface area contributed by atoms with Crippen molar-refractivity contribution in [3.63, 3.8) is 0 Å². The maximum Gasteiger partial charge on any atom is 0.331 e. The van der Waals surface area contributed by atoms with Gasteiger partial charge >= 0.3 is 5.97 Å². The van der Waals surface area contributed by atoms with Crippen molar-refractivity contribution in [2.45, 2.75) is 37.6 Å². The summed E-state index contributed by atoms with van der Waals surface area (Å²) in [6.45, 7) is 2.82. The Morgan fingerprint density at radius 1 is 1.03 bits per heavy atom. The summed E-state index contributed by atoms with van der Waals surface area (Å²) in [5.74, 6) is -1.14. The Morgan fingerprint density at radius 2 is 1.70 bits per heavy atom. The minimum Gasteiger partial charge on any atom is -0.454 e. The molecule has 0 bridgehead atoms. The van der Waals surface area contributed by atoms with E-state index in [1.165, 1.54) is 40.7 Å². The van der Waals surface area contributed by atoms with E-state index >= 15 is 0 Å². The Balaban J connectivity index is 1.33. The molecule has 1 aliphatic heterocycles. The first-order chi connectivity index (χ1) is 17.8. The molecule has 4 rings (SSSR count). The normalized spacial score (nSPS) is 14.6. The van der Waals surface area contributed by atoms with E-state index in [4.69, 9.17) is 16.3 Å². The third-order valence-electron chi connectivity index (χ3n) is 6.15. The van der Waals surface area contributed by atoms with Crippen molar-refractivity contribution < 1.29 is 22.7 Å². The van der Waals surface area contributed by atoms with E-state index in [9.17, 15) is 18.0 Å². The van der Waals surface area contributed by atoms with Gasteiger partial charge in [-0.25, -0.2) is 17.9 Å². The number of aromatic nitrogens is 2. The number of aryl methyl sites for hydroxylation is 1. The zero-order valence-corrected chi connectivity index (χ0v) is 22.0. The maximum absolute atomic E-state index is 12.8. The van der Waals surface area contributed by atoms with Crippen LogP contribution in [0.2, 0.25) is 5.15 Å². The van der Waals surface area contributed by atoms with E-state index < -0.39 is 28.4 Å². The molecule has 1 aromatic heterocycles. The number of nitrogens with zero attached hydrogens (tertiary/aromatic N) is 3. The van der Waals surface area contributed by atoms with Crippen LogP contribution in [-0.4, -0.2) is 54.0 Å². The van der Waals surface area contributed by atoms with Crippen LogP contribution in [0.1, 0.15) is 46.4 Å². The number of sulfonamides is 1. The van der Waals surface area contributed by atoms with Gasteiger partial charge in [0, 0.05) is 30.3 Å². The number of rotatable bonds is 9. The Bertz CT molecular complexity index is 1390. The van der Waals surface area contributed by atoms with E-state index in [1.54, 1.807) is 11.6 Å². The van der Waals surface area contributed by atoms with Gasteiger partial charge in [-0.2, -0.15) is 9.40 Å². The van der Waals surface area contributed by atoms with Gasteiger partial charge in [-0.05, 0) is 55.7 Å². The molecule has 8 nitrogen and oxygen atoms in total. The van der Waals surface area contributed by atoms with Gasteiger partial charge in [-0.1, -0.05) is 48.4 Å². The minimum atomic E-state index is -3.58. The van der Waals surface area contributed by atoms with Gasteiger partial charge in [0.05, 0.1) is 17.1 Å². The highest BCUT2D eigenvalue weighted by Crippen LogP contribution is 2.23. The molecule has 0 N–H and O–H groups in total. The molecule has 0 spiro atoms. The van der Waals surface area contributed by atoms with Gasteiger partial charge in [0.2, 0.25) is 10.0 Å². The lowest BCUT2D eigenvalue weighted by Crippen LogP contribution is -2.35. The molecule has 3 aromatic rings. The van der Waals surface area contributed by atoms with Crippen LogP contribution < -0.4 is 0 Å². The number of halogens is 1. The number of Topliss-reactive ketones (excluding diaryl/α,β-unsaturated/α-hetero) is 1. The van der Waals surface area contributed by atoms with E-state index in [2.05, 4.69) is 5.10 Å². The molecule has 0 unspecified atom stereocenters. The molecular weight excluding hydrogens is 514 g/mol. The predicted octanol–water partition coefficient (Wildman–Crippen LogP) is 4.51. The fourth-order valence-corrected chi connectivity index (χ4v) is 5.92. The highest BCUT2D eigenvalue weighted by Gasteiger charge is 2.26. The van der Waals surface area contributed by atoms with Crippen LogP contribution in [0.15, 0.2) is 65.6 Å². The zero-order valence-electron chi connectivity index (χ0n) is 20.5. The number of hydrogen-bond acceptors (Lipinski definition) is 6. The summed E-state index contributed by atoms with van der Waals surface area (Å²) in [7, 11) is -3.58. The van der Waals surface area contributed by atoms with Crippen LogP contribution in [0.5, 0.6) is 0 Å². The van der Waals surface area contributed by atoms with E-state index in [0.29, 0.717) is 36.0 Å². The predicted molar refractivity (Wildman–Crippen MR) is 141 cm³/mol. The summed E-state index contributed by atoms with van der Waals surface area (Å²) in [6.07, 6.45) is 5.43. The van der Waals surface area contributed by atoms with Crippen LogP contribution in [-0.2, 0) is 26.1 Å². The number of piperidine rings is 1. The largest absolute Gasteiger partial charge is 0.454 e. The molecule has 1 saturated heterocycles. The fourth-order valence-electron chi connectivity index (χ4n) is 4.10. The average molecular weight is 542 g/mol. The van der Waals surface area contributed by atoms with Crippen molar-refractivity contribution in [2.75, 3.05) is 19.7 Å². The summed E-state index contributed by atoms with van der Waals surface area (Å²) in [5, 5.41) is 4.82. The third-order valence-corrected chi connectivity index (χ3v) is 8.46. The third kappa shape index (κ3) is 6.54. The summed E-state index contributed by atoms with van der Waals surface area (Å²) < 4.78 is 33.7. The van der Waals surface area contributed by atoms with Crippen LogP contribution in [0, 0.1) is 6.92 Å². The monoisotopic (exact) mass is 541 g/mol. The van der Waals surface area contributed by atoms with Crippen molar-refractivity contribution >= 4 is 39.5 Å². The summed E-state index contributed by atoms with van der Waals surface area (Å²) in [4.78, 5) is 24.8. The molecule has 37 heavy (non-hydrogen) atoms. The maximum atomic E-state index is 12.8. The number of ether oxygens (including phenoxy) is 1. The molecule has 2 heterocycles. The first kappa shape index (κ1) is 26.8. The number of ketones is 1. The number of hydrogen-bond donors (Lipinski definition) is 0. The highest BCUT2D eigenvalue weighted by atomic mass is 35.5. The van der Waals surface area contributed by atoms with Gasteiger partial charge in [0.1, 0.15) is 5.15 Å². The second kappa shape index (κ2) is 11.9. The van der Waals surface area contributed by atoms with Crippen molar-refractivity contribution in [1.29, 1.82) is 0 Å². The number of benzene rings is 2. The Morgan fingerprint density at radius 3 is 2.38 bits per heavy atom. The molecule has 0 saturated carbocycles. The first-order valence-electron chi connectivity index (χ1n) is 12.0. The Hall–Kier alpha value is -3.27. The number of carbonyl (C=O) groups is 2. The van der Waals surface area contributed by atoms with Crippen LogP contribution in [0.25, 0.3) is 6.08 Å².